The van der Waals surface area contributed by atoms with Gasteiger partial charge in [0, 0.05) is 43.3 Å². The minimum atomic E-state index is -0.950. The fourth-order valence-corrected chi connectivity index (χ4v) is 7.22. The molecule has 0 bridgehead atoms. The summed E-state index contributed by atoms with van der Waals surface area (Å²) < 4.78 is 58.1. The molecule has 46 heavy (non-hydrogen) atoms. The van der Waals surface area contributed by atoms with E-state index in [0.717, 1.165) is 19.4 Å². The van der Waals surface area contributed by atoms with E-state index >= 15 is 4.39 Å². The molecule has 7 rings (SSSR count). The van der Waals surface area contributed by atoms with Crippen LogP contribution in [-0.2, 0) is 4.74 Å². The number of nitrogens with zero attached hydrogens (tertiary/aromatic N) is 6. The van der Waals surface area contributed by atoms with Gasteiger partial charge in [-0.1, -0.05) is 12.0 Å². The van der Waals surface area contributed by atoms with Crippen molar-refractivity contribution in [3.63, 3.8) is 0 Å². The topological polar surface area (TPSA) is 88.2 Å². The SMILES string of the molecule is [C-]#[N+]CC1CN(c2nc(OC[C@@]34CCCN3C[C@H](F)C4)nc3c(F)c(-c4cc(O)cc5ccc(F)c(C#C)c45)ncc23)CCCO1. The fraction of sp³-hybridized carbons (Fsp3) is 0.412. The molecular formula is C34H31F3N6O3. The smallest absolute Gasteiger partial charge is 0.319 e. The van der Waals surface area contributed by atoms with Gasteiger partial charge in [-0.05, 0) is 49.4 Å². The van der Waals surface area contributed by atoms with E-state index in [4.69, 9.17) is 27.5 Å². The number of benzene rings is 2. The number of phenolic OH excluding ortho intramolecular Hbond substituents is 1. The van der Waals surface area contributed by atoms with Crippen LogP contribution in [0.25, 0.3) is 37.8 Å². The van der Waals surface area contributed by atoms with Gasteiger partial charge >= 0.3 is 6.01 Å². The molecule has 0 amide bonds. The van der Waals surface area contributed by atoms with Gasteiger partial charge in [0.15, 0.2) is 5.82 Å². The molecule has 0 radical (unpaired) electrons. The predicted molar refractivity (Wildman–Crippen MR) is 166 cm³/mol. The first-order chi connectivity index (χ1) is 22.3. The van der Waals surface area contributed by atoms with E-state index in [9.17, 15) is 13.9 Å². The second-order valence-electron chi connectivity index (χ2n) is 12.2. The molecule has 236 valence electrons. The number of ether oxygens (including phenoxy) is 2. The van der Waals surface area contributed by atoms with Gasteiger partial charge in [0.1, 0.15) is 47.5 Å². The van der Waals surface area contributed by atoms with E-state index in [1.54, 1.807) is 0 Å². The lowest BCUT2D eigenvalue weighted by atomic mass is 9.95. The van der Waals surface area contributed by atoms with Gasteiger partial charge in [0.05, 0.1) is 23.0 Å². The molecule has 4 aromatic rings. The maximum absolute atomic E-state index is 16.8. The molecular weight excluding hydrogens is 597 g/mol. The van der Waals surface area contributed by atoms with Gasteiger partial charge in [-0.25, -0.2) is 19.7 Å². The Hall–Kier alpha value is -4.65. The predicted octanol–water partition coefficient (Wildman–Crippen LogP) is 5.28. The zero-order valence-corrected chi connectivity index (χ0v) is 25.0. The van der Waals surface area contributed by atoms with Gasteiger partial charge in [0.25, 0.3) is 0 Å². The van der Waals surface area contributed by atoms with Crippen LogP contribution in [0.1, 0.15) is 31.2 Å². The van der Waals surface area contributed by atoms with Crippen molar-refractivity contribution in [2.45, 2.75) is 43.5 Å². The average Bonchev–Trinajstić information content (AvgIpc) is 3.46. The highest BCUT2D eigenvalue weighted by atomic mass is 19.1. The van der Waals surface area contributed by atoms with E-state index in [0.29, 0.717) is 55.7 Å². The first-order valence-corrected chi connectivity index (χ1v) is 15.3. The van der Waals surface area contributed by atoms with Crippen LogP contribution in [0.4, 0.5) is 19.0 Å². The largest absolute Gasteiger partial charge is 0.508 e. The quantitative estimate of drug-likeness (QED) is 0.228. The summed E-state index contributed by atoms with van der Waals surface area (Å²) in [7, 11) is 0. The number of rotatable bonds is 6. The highest BCUT2D eigenvalue weighted by Crippen LogP contribution is 2.42. The highest BCUT2D eigenvalue weighted by Gasteiger charge is 2.49. The van der Waals surface area contributed by atoms with Crippen molar-refractivity contribution in [2.24, 2.45) is 0 Å². The number of alkyl halides is 1. The molecule has 2 aromatic heterocycles. The Morgan fingerprint density at radius 2 is 2.07 bits per heavy atom. The highest BCUT2D eigenvalue weighted by molar-refractivity contribution is 6.03. The lowest BCUT2D eigenvalue weighted by Crippen LogP contribution is -2.43. The number of hydrogen-bond acceptors (Lipinski definition) is 8. The van der Waals surface area contributed by atoms with Crippen LogP contribution in [0.2, 0.25) is 0 Å². The van der Waals surface area contributed by atoms with Crippen molar-refractivity contribution >= 4 is 27.5 Å². The van der Waals surface area contributed by atoms with Crippen LogP contribution in [0.3, 0.4) is 0 Å². The molecule has 0 aliphatic carbocycles. The van der Waals surface area contributed by atoms with Crippen molar-refractivity contribution in [3.8, 4) is 35.4 Å². The van der Waals surface area contributed by atoms with Crippen LogP contribution in [0, 0.1) is 30.6 Å². The first kappa shape index (κ1) is 30.0. The molecule has 3 saturated heterocycles. The molecule has 12 heteroatoms. The fourth-order valence-electron chi connectivity index (χ4n) is 7.22. The van der Waals surface area contributed by atoms with E-state index in [1.165, 1.54) is 30.5 Å². The lowest BCUT2D eigenvalue weighted by molar-refractivity contribution is 0.0799. The van der Waals surface area contributed by atoms with Crippen molar-refractivity contribution in [1.82, 2.24) is 19.9 Å². The summed E-state index contributed by atoms with van der Waals surface area (Å²) in [6.45, 7) is 10.1. The third kappa shape index (κ3) is 5.21. The Labute approximate surface area is 263 Å². The molecule has 3 atom stereocenters. The van der Waals surface area contributed by atoms with Gasteiger partial charge in [-0.2, -0.15) is 9.97 Å². The molecule has 1 N–H and O–H groups in total. The number of aromatic hydroxyl groups is 1. The van der Waals surface area contributed by atoms with Crippen molar-refractivity contribution in [2.75, 3.05) is 50.8 Å². The number of pyridine rings is 1. The monoisotopic (exact) mass is 628 g/mol. The zero-order valence-electron chi connectivity index (χ0n) is 25.0. The van der Waals surface area contributed by atoms with Crippen LogP contribution in [0.15, 0.2) is 30.5 Å². The minimum absolute atomic E-state index is 0.0786. The molecule has 3 aliphatic heterocycles. The lowest BCUT2D eigenvalue weighted by Gasteiger charge is -2.31. The van der Waals surface area contributed by atoms with Gasteiger partial charge < -0.3 is 24.3 Å². The normalized spacial score (nSPS) is 23.3. The maximum atomic E-state index is 16.8. The maximum Gasteiger partial charge on any atom is 0.319 e. The Balaban J connectivity index is 1.38. The molecule has 1 unspecified atom stereocenters. The Morgan fingerprint density at radius 1 is 1.20 bits per heavy atom. The molecule has 9 nitrogen and oxygen atoms in total. The van der Waals surface area contributed by atoms with E-state index in [1.807, 2.05) is 4.90 Å². The van der Waals surface area contributed by atoms with Crippen LogP contribution >= 0.6 is 0 Å². The molecule has 0 spiro atoms. The Bertz CT molecular complexity index is 1930. The average molecular weight is 629 g/mol. The summed E-state index contributed by atoms with van der Waals surface area (Å²) >= 11 is 0. The third-order valence-electron chi connectivity index (χ3n) is 9.27. The standard InChI is InChI=1S/C34H31F3N6O3/c1-3-24-27(36)7-6-20-12-22(44)13-25(28(20)24)30-29(37)31-26(16-39-30)32(42-9-5-11-45-23(18-42)15-38-2)41-33(40-31)46-19-34-8-4-10-43(34)17-21(35)14-34/h1,6-7,12-13,16,21,23,44H,4-5,8-11,14-15,17-19H2/t21-,23?,34+/m1/s1. The first-order valence-electron chi connectivity index (χ1n) is 15.3. The Morgan fingerprint density at radius 3 is 2.89 bits per heavy atom. The van der Waals surface area contributed by atoms with Crippen molar-refractivity contribution in [1.29, 1.82) is 0 Å². The van der Waals surface area contributed by atoms with Crippen molar-refractivity contribution < 1.29 is 27.8 Å². The minimum Gasteiger partial charge on any atom is -0.508 e. The number of phenols is 1. The number of hydrogen-bond donors (Lipinski definition) is 1. The number of anilines is 1. The molecule has 2 aromatic carbocycles. The molecule has 5 heterocycles. The number of terminal acetylenes is 1. The van der Waals surface area contributed by atoms with Gasteiger partial charge in [-0.15, -0.1) is 6.42 Å². The summed E-state index contributed by atoms with van der Waals surface area (Å²) in [5.41, 5.74) is -0.743. The summed E-state index contributed by atoms with van der Waals surface area (Å²) in [5, 5.41) is 11.5. The van der Waals surface area contributed by atoms with Gasteiger partial charge in [-0.3, -0.25) is 9.88 Å². The van der Waals surface area contributed by atoms with Crippen LogP contribution in [-0.4, -0.2) is 88.7 Å². The number of aromatic nitrogens is 3. The van der Waals surface area contributed by atoms with Crippen LogP contribution < -0.4 is 9.64 Å². The number of halogens is 3. The summed E-state index contributed by atoms with van der Waals surface area (Å²) in [4.78, 5) is 21.2. The second kappa shape index (κ2) is 11.9. The van der Waals surface area contributed by atoms with E-state index < -0.39 is 23.3 Å². The third-order valence-corrected chi connectivity index (χ3v) is 9.27. The summed E-state index contributed by atoms with van der Waals surface area (Å²) in [6, 6.07) is 5.28. The Kier molecular flexibility index (Phi) is 7.79. The molecule has 3 fully saturated rings. The van der Waals surface area contributed by atoms with Crippen LogP contribution in [0.5, 0.6) is 11.8 Å². The summed E-state index contributed by atoms with van der Waals surface area (Å²) in [6.07, 6.45) is 8.47. The van der Waals surface area contributed by atoms with Crippen molar-refractivity contribution in [3.05, 3.63) is 59.1 Å². The second-order valence-corrected chi connectivity index (χ2v) is 12.2. The molecule has 3 aliphatic rings. The van der Waals surface area contributed by atoms with E-state index in [-0.39, 0.29) is 58.7 Å². The zero-order chi connectivity index (χ0) is 32.0. The van der Waals surface area contributed by atoms with Gasteiger partial charge in [0.2, 0.25) is 6.54 Å². The summed E-state index contributed by atoms with van der Waals surface area (Å²) in [5.74, 6) is 1.04. The van der Waals surface area contributed by atoms with E-state index in [2.05, 4.69) is 25.6 Å². The molecule has 0 saturated carbocycles. The number of fused-ring (bicyclic) bond motifs is 3.